The largest absolute Gasteiger partial charge is 0.454 e. The van der Waals surface area contributed by atoms with E-state index < -0.39 is 0 Å². The average molecular weight is 414 g/mol. The molecule has 112 valence electrons. The number of pyridine rings is 1. The van der Waals surface area contributed by atoms with E-state index in [0.717, 1.165) is 39.1 Å². The van der Waals surface area contributed by atoms with Gasteiger partial charge in [-0.3, -0.25) is 4.98 Å². The summed E-state index contributed by atoms with van der Waals surface area (Å²) < 4.78 is 7.89. The molecule has 1 N–H and O–H groups in total. The third kappa shape index (κ3) is 5.09. The van der Waals surface area contributed by atoms with E-state index in [1.165, 1.54) is 0 Å². The Morgan fingerprint density at radius 1 is 1.19 bits per heavy atom. The number of ether oxygens (including phenoxy) is 1. The molecule has 21 heavy (non-hydrogen) atoms. The summed E-state index contributed by atoms with van der Waals surface area (Å²) in [5.41, 5.74) is 1.10. The molecule has 0 bridgehead atoms. The second-order valence-corrected chi connectivity index (χ2v) is 6.95. The van der Waals surface area contributed by atoms with Crippen molar-refractivity contribution in [2.24, 2.45) is 5.92 Å². The first-order chi connectivity index (χ1) is 10.1. The number of rotatable bonds is 6. The van der Waals surface area contributed by atoms with Crippen LogP contribution in [0.4, 0.5) is 0 Å². The van der Waals surface area contributed by atoms with Crippen molar-refractivity contribution in [2.75, 3.05) is 6.54 Å². The van der Waals surface area contributed by atoms with Crippen LogP contribution in [0.3, 0.4) is 0 Å². The predicted molar refractivity (Wildman–Crippen MR) is 92.7 cm³/mol. The van der Waals surface area contributed by atoms with Crippen LogP contribution < -0.4 is 10.1 Å². The summed E-state index contributed by atoms with van der Waals surface area (Å²) in [6, 6.07) is 7.82. The van der Waals surface area contributed by atoms with E-state index in [1.807, 2.05) is 24.3 Å². The van der Waals surface area contributed by atoms with Crippen molar-refractivity contribution in [1.29, 1.82) is 0 Å². The molecule has 0 atom stereocenters. The van der Waals surface area contributed by atoms with Crippen LogP contribution in [-0.2, 0) is 6.54 Å². The molecular formula is C16H18Br2N2O. The maximum atomic E-state index is 5.98. The number of halogens is 2. The van der Waals surface area contributed by atoms with E-state index in [9.17, 15) is 0 Å². The van der Waals surface area contributed by atoms with Gasteiger partial charge in [-0.2, -0.15) is 0 Å². The van der Waals surface area contributed by atoms with E-state index in [-0.39, 0.29) is 0 Å². The lowest BCUT2D eigenvalue weighted by atomic mass is 10.2. The molecule has 0 aliphatic heterocycles. The second-order valence-electron chi connectivity index (χ2n) is 5.18. The molecule has 0 aliphatic rings. The minimum atomic E-state index is 0.622. The van der Waals surface area contributed by atoms with Crippen LogP contribution in [0.5, 0.6) is 11.5 Å². The fraction of sp³-hybridized carbons (Fsp3) is 0.312. The van der Waals surface area contributed by atoms with Crippen molar-refractivity contribution in [3.8, 4) is 11.5 Å². The molecule has 0 unspecified atom stereocenters. The molecule has 5 heteroatoms. The Kier molecular flexibility index (Phi) is 6.21. The van der Waals surface area contributed by atoms with E-state index in [0.29, 0.717) is 5.92 Å². The monoisotopic (exact) mass is 412 g/mol. The van der Waals surface area contributed by atoms with Gasteiger partial charge < -0.3 is 10.1 Å². The third-order valence-corrected chi connectivity index (χ3v) is 3.96. The molecule has 0 aliphatic carbocycles. The van der Waals surface area contributed by atoms with Crippen LogP contribution in [0.1, 0.15) is 19.4 Å². The molecule has 0 radical (unpaired) electrons. The van der Waals surface area contributed by atoms with Crippen molar-refractivity contribution < 1.29 is 4.74 Å². The number of nitrogens with one attached hydrogen (secondary N) is 1. The fourth-order valence-electron chi connectivity index (χ4n) is 1.82. The highest BCUT2D eigenvalue weighted by Crippen LogP contribution is 2.33. The molecule has 0 saturated heterocycles. The SMILES string of the molecule is CC(C)CNCc1ccncc1Oc1ccc(Br)cc1Br. The van der Waals surface area contributed by atoms with Gasteiger partial charge in [-0.1, -0.05) is 29.8 Å². The van der Waals surface area contributed by atoms with Crippen LogP contribution in [-0.4, -0.2) is 11.5 Å². The number of hydrogen-bond donors (Lipinski definition) is 1. The maximum Gasteiger partial charge on any atom is 0.150 e. The first-order valence-electron chi connectivity index (χ1n) is 6.82. The normalized spacial score (nSPS) is 10.9. The molecule has 3 nitrogen and oxygen atoms in total. The summed E-state index contributed by atoms with van der Waals surface area (Å²) in [6.07, 6.45) is 3.54. The first-order valence-corrected chi connectivity index (χ1v) is 8.41. The average Bonchev–Trinajstić information content (AvgIpc) is 2.43. The lowest BCUT2D eigenvalue weighted by Crippen LogP contribution is -2.19. The van der Waals surface area contributed by atoms with Crippen molar-refractivity contribution in [3.63, 3.8) is 0 Å². The molecule has 2 rings (SSSR count). The first kappa shape index (κ1) is 16.5. The number of nitrogens with zero attached hydrogens (tertiary/aromatic N) is 1. The quantitative estimate of drug-likeness (QED) is 0.711. The Morgan fingerprint density at radius 2 is 2.00 bits per heavy atom. The Labute approximate surface area is 142 Å². The fourth-order valence-corrected chi connectivity index (χ4v) is 2.95. The molecule has 1 aromatic heterocycles. The van der Waals surface area contributed by atoms with Gasteiger partial charge in [0.1, 0.15) is 11.5 Å². The summed E-state index contributed by atoms with van der Waals surface area (Å²) in [6.45, 7) is 6.12. The topological polar surface area (TPSA) is 34.2 Å². The Bertz CT molecular complexity index is 603. The third-order valence-electron chi connectivity index (χ3n) is 2.85. The van der Waals surface area contributed by atoms with Crippen LogP contribution in [0.15, 0.2) is 45.6 Å². The van der Waals surface area contributed by atoms with Crippen LogP contribution in [0, 0.1) is 5.92 Å². The van der Waals surface area contributed by atoms with Gasteiger partial charge >= 0.3 is 0 Å². The standard InChI is InChI=1S/C16H18Br2N2O/c1-11(2)8-20-9-12-5-6-19-10-16(12)21-15-4-3-13(17)7-14(15)18/h3-7,10-11,20H,8-9H2,1-2H3. The van der Waals surface area contributed by atoms with Crippen LogP contribution in [0.25, 0.3) is 0 Å². The molecule has 2 aromatic rings. The van der Waals surface area contributed by atoms with Gasteiger partial charge in [0.05, 0.1) is 10.7 Å². The van der Waals surface area contributed by atoms with Gasteiger partial charge in [0, 0.05) is 22.8 Å². The molecule has 1 heterocycles. The zero-order valence-electron chi connectivity index (χ0n) is 12.1. The zero-order valence-corrected chi connectivity index (χ0v) is 15.2. The molecule has 0 amide bonds. The summed E-state index contributed by atoms with van der Waals surface area (Å²) in [5.74, 6) is 2.17. The minimum absolute atomic E-state index is 0.622. The summed E-state index contributed by atoms with van der Waals surface area (Å²) in [4.78, 5) is 4.15. The number of benzene rings is 1. The van der Waals surface area contributed by atoms with Crippen LogP contribution in [0.2, 0.25) is 0 Å². The van der Waals surface area contributed by atoms with Gasteiger partial charge in [-0.25, -0.2) is 0 Å². The summed E-state index contributed by atoms with van der Waals surface area (Å²) in [7, 11) is 0. The van der Waals surface area contributed by atoms with Crippen molar-refractivity contribution in [1.82, 2.24) is 10.3 Å². The van der Waals surface area contributed by atoms with E-state index >= 15 is 0 Å². The van der Waals surface area contributed by atoms with Crippen molar-refractivity contribution >= 4 is 31.9 Å². The van der Waals surface area contributed by atoms with Crippen LogP contribution >= 0.6 is 31.9 Å². The second kappa shape index (κ2) is 7.92. The van der Waals surface area contributed by atoms with E-state index in [2.05, 4.69) is 56.0 Å². The van der Waals surface area contributed by atoms with Gasteiger partial charge in [0.15, 0.2) is 0 Å². The van der Waals surface area contributed by atoms with Gasteiger partial charge in [0.25, 0.3) is 0 Å². The van der Waals surface area contributed by atoms with Gasteiger partial charge in [-0.15, -0.1) is 0 Å². The van der Waals surface area contributed by atoms with Crippen molar-refractivity contribution in [3.05, 3.63) is 51.2 Å². The number of hydrogen-bond acceptors (Lipinski definition) is 3. The van der Waals surface area contributed by atoms with E-state index in [1.54, 1.807) is 12.4 Å². The number of aromatic nitrogens is 1. The summed E-state index contributed by atoms with van der Waals surface area (Å²) in [5, 5.41) is 3.42. The highest BCUT2D eigenvalue weighted by Gasteiger charge is 2.08. The van der Waals surface area contributed by atoms with Crippen molar-refractivity contribution in [2.45, 2.75) is 20.4 Å². The van der Waals surface area contributed by atoms with Gasteiger partial charge in [-0.05, 0) is 52.7 Å². The molecule has 0 fully saturated rings. The lowest BCUT2D eigenvalue weighted by Gasteiger charge is -2.13. The smallest absolute Gasteiger partial charge is 0.150 e. The molecular weight excluding hydrogens is 396 g/mol. The molecule has 0 saturated carbocycles. The molecule has 0 spiro atoms. The molecule has 1 aromatic carbocycles. The minimum Gasteiger partial charge on any atom is -0.454 e. The highest BCUT2D eigenvalue weighted by atomic mass is 79.9. The predicted octanol–water partition coefficient (Wildman–Crippen LogP) is 5.14. The zero-order chi connectivity index (χ0) is 15.2. The Hall–Kier alpha value is -0.910. The summed E-state index contributed by atoms with van der Waals surface area (Å²) >= 11 is 6.95. The Morgan fingerprint density at radius 3 is 2.71 bits per heavy atom. The van der Waals surface area contributed by atoms with E-state index in [4.69, 9.17) is 4.74 Å². The Balaban J connectivity index is 2.12. The lowest BCUT2D eigenvalue weighted by molar-refractivity contribution is 0.464. The van der Waals surface area contributed by atoms with Gasteiger partial charge in [0.2, 0.25) is 0 Å². The maximum absolute atomic E-state index is 5.98. The highest BCUT2D eigenvalue weighted by molar-refractivity contribution is 9.11.